The lowest BCUT2D eigenvalue weighted by atomic mass is 10.0. The van der Waals surface area contributed by atoms with Crippen molar-refractivity contribution in [3.63, 3.8) is 0 Å². The summed E-state index contributed by atoms with van der Waals surface area (Å²) in [6, 6.07) is 1.40. The van der Waals surface area contributed by atoms with Gasteiger partial charge in [0.25, 0.3) is 0 Å². The Hall–Kier alpha value is -2.76. The molecule has 2 heterocycles. The highest BCUT2D eigenvalue weighted by Crippen LogP contribution is 2.34. The van der Waals surface area contributed by atoms with Crippen molar-refractivity contribution in [3.8, 4) is 22.6 Å². The third-order valence-corrected chi connectivity index (χ3v) is 10.0. The highest BCUT2D eigenvalue weighted by Gasteiger charge is 2.23. The molecule has 2 aromatic rings. The van der Waals surface area contributed by atoms with Gasteiger partial charge in [-0.15, -0.1) is 0 Å². The molecule has 6 heteroatoms. The Bertz CT molecular complexity index is 1270. The molecule has 0 aliphatic carbocycles. The number of hydrogen-bond donors (Lipinski definition) is 2. The van der Waals surface area contributed by atoms with Gasteiger partial charge in [-0.25, -0.2) is 9.59 Å². The molecule has 2 rings (SSSR count). The van der Waals surface area contributed by atoms with E-state index in [0.717, 1.165) is 51.4 Å². The molecule has 0 atom stereocenters. The molecule has 284 valence electrons. The third-order valence-electron chi connectivity index (χ3n) is 10.0. The zero-order valence-electron chi connectivity index (χ0n) is 32.1. The lowest BCUT2D eigenvalue weighted by Gasteiger charge is -2.10. The summed E-state index contributed by atoms with van der Waals surface area (Å²) in [5, 5.41) is 21.7. The third kappa shape index (κ3) is 19.0. The Morgan fingerprint density at radius 2 is 0.940 bits per heavy atom. The van der Waals surface area contributed by atoms with E-state index < -0.39 is 11.3 Å². The second kappa shape index (κ2) is 28.9. The minimum Gasteiger partial charge on any atom is -0.507 e. The summed E-state index contributed by atoms with van der Waals surface area (Å²) < 4.78 is 10.7. The Morgan fingerprint density at radius 3 is 1.42 bits per heavy atom. The van der Waals surface area contributed by atoms with Crippen molar-refractivity contribution in [2.24, 2.45) is 0 Å². The molecule has 50 heavy (non-hydrogen) atoms. The Balaban J connectivity index is 1.66. The van der Waals surface area contributed by atoms with Crippen molar-refractivity contribution in [2.45, 2.75) is 206 Å². The van der Waals surface area contributed by atoms with Gasteiger partial charge in [-0.1, -0.05) is 167 Å². The van der Waals surface area contributed by atoms with E-state index in [1.807, 2.05) is 0 Å². The molecule has 0 radical (unpaired) electrons. The summed E-state index contributed by atoms with van der Waals surface area (Å²) in [6.07, 6.45) is 41.7. The second-order valence-corrected chi connectivity index (χ2v) is 14.6. The number of rotatable bonds is 32. The molecule has 0 aliphatic rings. The maximum atomic E-state index is 12.9. The van der Waals surface area contributed by atoms with Crippen molar-refractivity contribution < 1.29 is 19.0 Å². The first-order valence-corrected chi connectivity index (χ1v) is 20.8. The van der Waals surface area contributed by atoms with Gasteiger partial charge in [0.15, 0.2) is 0 Å². The summed E-state index contributed by atoms with van der Waals surface area (Å²) >= 11 is 0. The monoisotopic (exact) mass is 697 g/mol. The van der Waals surface area contributed by atoms with E-state index in [0.29, 0.717) is 24.2 Å². The van der Waals surface area contributed by atoms with Gasteiger partial charge in [0.1, 0.15) is 34.6 Å². The Labute approximate surface area is 304 Å². The van der Waals surface area contributed by atoms with Gasteiger partial charge in [-0.2, -0.15) is 0 Å². The SMILES string of the molecule is CCCCCCCCCCC=CCCCCCc1coc(=O)c(-c2c(O)cc(CCCCCCCCCCCCCCCCC)oc2=O)c1O. The zero-order valence-corrected chi connectivity index (χ0v) is 32.1. The predicted molar refractivity (Wildman–Crippen MR) is 209 cm³/mol. The fraction of sp³-hybridized carbons (Fsp3) is 0.727. The van der Waals surface area contributed by atoms with Crippen LogP contribution in [0.4, 0.5) is 0 Å². The molecular weight excluding hydrogens is 624 g/mol. The average molecular weight is 697 g/mol. The minimum atomic E-state index is -0.870. The predicted octanol–water partition coefficient (Wildman–Crippen LogP) is 13.3. The minimum absolute atomic E-state index is 0.315. The molecule has 2 aromatic heterocycles. The van der Waals surface area contributed by atoms with Gasteiger partial charge in [0.05, 0.1) is 0 Å². The van der Waals surface area contributed by atoms with E-state index >= 15 is 0 Å². The molecule has 0 aromatic carbocycles. The second-order valence-electron chi connectivity index (χ2n) is 14.6. The van der Waals surface area contributed by atoms with Gasteiger partial charge in [-0.3, -0.25) is 0 Å². The van der Waals surface area contributed by atoms with Gasteiger partial charge >= 0.3 is 11.3 Å². The molecule has 0 saturated carbocycles. The topological polar surface area (TPSA) is 101 Å². The van der Waals surface area contributed by atoms with Crippen LogP contribution in [0.15, 0.2) is 42.9 Å². The van der Waals surface area contributed by atoms with E-state index in [1.54, 1.807) is 0 Å². The number of aromatic hydroxyl groups is 2. The quantitative estimate of drug-likeness (QED) is 0.0583. The molecule has 0 bridgehead atoms. The first kappa shape index (κ1) is 43.4. The molecule has 0 saturated heterocycles. The van der Waals surface area contributed by atoms with Crippen LogP contribution in [0.2, 0.25) is 0 Å². The van der Waals surface area contributed by atoms with Crippen molar-refractivity contribution in [1.82, 2.24) is 0 Å². The molecule has 0 unspecified atom stereocenters. The number of allylic oxidation sites excluding steroid dienone is 2. The Kier molecular flexibility index (Phi) is 25.1. The zero-order chi connectivity index (χ0) is 36.1. The van der Waals surface area contributed by atoms with Crippen LogP contribution < -0.4 is 11.3 Å². The molecule has 2 N–H and O–H groups in total. The van der Waals surface area contributed by atoms with E-state index in [4.69, 9.17) is 8.83 Å². The number of unbranched alkanes of at least 4 members (excludes halogenated alkanes) is 25. The van der Waals surface area contributed by atoms with Crippen molar-refractivity contribution in [2.75, 3.05) is 0 Å². The van der Waals surface area contributed by atoms with Gasteiger partial charge < -0.3 is 19.0 Å². The fourth-order valence-electron chi connectivity index (χ4n) is 6.83. The maximum Gasteiger partial charge on any atom is 0.348 e. The number of hydrogen-bond acceptors (Lipinski definition) is 6. The first-order chi connectivity index (χ1) is 24.5. The molecule has 0 fully saturated rings. The average Bonchev–Trinajstić information content (AvgIpc) is 3.10. The fourth-order valence-corrected chi connectivity index (χ4v) is 6.83. The van der Waals surface area contributed by atoms with Crippen LogP contribution in [-0.4, -0.2) is 10.2 Å². The van der Waals surface area contributed by atoms with E-state index in [1.165, 1.54) is 141 Å². The highest BCUT2D eigenvalue weighted by atomic mass is 16.4. The van der Waals surface area contributed by atoms with Gasteiger partial charge in [-0.05, 0) is 44.9 Å². The van der Waals surface area contributed by atoms with Crippen LogP contribution in [0.25, 0.3) is 11.1 Å². The number of aryl methyl sites for hydroxylation is 2. The summed E-state index contributed by atoms with van der Waals surface area (Å²) in [7, 11) is 0. The van der Waals surface area contributed by atoms with Crippen LogP contribution >= 0.6 is 0 Å². The first-order valence-electron chi connectivity index (χ1n) is 20.8. The van der Waals surface area contributed by atoms with E-state index in [-0.39, 0.29) is 22.6 Å². The summed E-state index contributed by atoms with van der Waals surface area (Å²) in [5.74, 6) is -0.294. The van der Waals surface area contributed by atoms with E-state index in [2.05, 4.69) is 26.0 Å². The lowest BCUT2D eigenvalue weighted by Crippen LogP contribution is -2.13. The molecule has 0 amide bonds. The summed E-state index contributed by atoms with van der Waals surface area (Å²) in [6.45, 7) is 4.52. The summed E-state index contributed by atoms with van der Waals surface area (Å²) in [5.41, 5.74) is -1.91. The molecule has 0 aliphatic heterocycles. The maximum absolute atomic E-state index is 12.9. The largest absolute Gasteiger partial charge is 0.507 e. The van der Waals surface area contributed by atoms with Crippen molar-refractivity contribution >= 4 is 0 Å². The smallest absolute Gasteiger partial charge is 0.348 e. The standard InChI is InChI=1S/C44H72O6/c1-3-5-7-9-11-13-15-17-19-21-23-25-27-29-31-33-37-36-49-43(47)41(42(37)46)40-39(45)35-38(50-44(40)48)34-32-30-28-26-24-22-20-18-16-14-12-10-8-6-4-2/h21,23,35-36,45-46H,3-20,22,24-34H2,1-2H3. The molecular formula is C44H72O6. The van der Waals surface area contributed by atoms with Gasteiger partial charge in [0, 0.05) is 18.1 Å². The highest BCUT2D eigenvalue weighted by molar-refractivity contribution is 5.74. The van der Waals surface area contributed by atoms with Crippen molar-refractivity contribution in [3.05, 3.63) is 56.6 Å². The van der Waals surface area contributed by atoms with Crippen LogP contribution in [0, 0.1) is 0 Å². The van der Waals surface area contributed by atoms with Crippen LogP contribution in [-0.2, 0) is 12.8 Å². The van der Waals surface area contributed by atoms with Crippen LogP contribution in [0.5, 0.6) is 11.5 Å². The van der Waals surface area contributed by atoms with Crippen LogP contribution in [0.1, 0.15) is 205 Å². The van der Waals surface area contributed by atoms with Crippen LogP contribution in [0.3, 0.4) is 0 Å². The normalized spacial score (nSPS) is 11.6. The van der Waals surface area contributed by atoms with Crippen molar-refractivity contribution in [1.29, 1.82) is 0 Å². The lowest BCUT2D eigenvalue weighted by molar-refractivity contribution is 0.413. The molecule has 6 nitrogen and oxygen atoms in total. The Morgan fingerprint density at radius 1 is 0.520 bits per heavy atom. The van der Waals surface area contributed by atoms with E-state index in [9.17, 15) is 19.8 Å². The van der Waals surface area contributed by atoms with Gasteiger partial charge in [0.2, 0.25) is 0 Å². The molecule has 0 spiro atoms. The summed E-state index contributed by atoms with van der Waals surface area (Å²) in [4.78, 5) is 25.5.